The molecule has 1 heterocycles. The van der Waals surface area contributed by atoms with Gasteiger partial charge >= 0.3 is 5.97 Å². The smallest absolute Gasteiger partial charge is 0.311 e. The first kappa shape index (κ1) is 15.7. The highest BCUT2D eigenvalue weighted by Gasteiger charge is 2.24. The first-order valence-electron chi connectivity index (χ1n) is 6.27. The molecule has 0 bridgehead atoms. The van der Waals surface area contributed by atoms with E-state index in [4.69, 9.17) is 5.26 Å². The molecule has 0 spiro atoms. The first-order chi connectivity index (χ1) is 10.5. The molecular formula is C15H11FN2O3S. The van der Waals surface area contributed by atoms with Gasteiger partial charge < -0.3 is 10.4 Å². The molecule has 22 heavy (non-hydrogen) atoms. The lowest BCUT2D eigenvalue weighted by Gasteiger charge is -2.12. The third-order valence-electron chi connectivity index (χ3n) is 3.00. The number of carboxylic acids is 1. The topological polar surface area (TPSA) is 90.2 Å². The van der Waals surface area contributed by atoms with Crippen LogP contribution in [0.4, 0.5) is 9.39 Å². The van der Waals surface area contributed by atoms with E-state index in [0.717, 1.165) is 12.1 Å². The summed E-state index contributed by atoms with van der Waals surface area (Å²) in [6.07, 6.45) is -0.302. The maximum absolute atomic E-state index is 12.9. The molecule has 1 amide bonds. The first-order valence-corrected chi connectivity index (χ1v) is 7.15. The van der Waals surface area contributed by atoms with Crippen molar-refractivity contribution in [1.82, 2.24) is 0 Å². The Labute approximate surface area is 129 Å². The van der Waals surface area contributed by atoms with Crippen LogP contribution in [0.3, 0.4) is 0 Å². The highest BCUT2D eigenvalue weighted by atomic mass is 32.1. The van der Waals surface area contributed by atoms with Crippen molar-refractivity contribution in [3.8, 4) is 6.07 Å². The molecule has 2 rings (SSSR count). The van der Waals surface area contributed by atoms with Crippen molar-refractivity contribution in [3.05, 3.63) is 52.7 Å². The molecule has 1 aromatic heterocycles. The number of rotatable bonds is 5. The summed E-state index contributed by atoms with van der Waals surface area (Å²) in [7, 11) is 0. The summed E-state index contributed by atoms with van der Waals surface area (Å²) in [6, 6.07) is 8.48. The molecule has 0 fully saturated rings. The minimum absolute atomic E-state index is 0.302. The molecule has 2 N–H and O–H groups in total. The molecule has 2 aromatic rings. The molecular weight excluding hydrogens is 307 g/mol. The SMILES string of the molecule is N#Cc1ccsc1NC(=O)CC(C(=O)O)c1ccc(F)cc1. The summed E-state index contributed by atoms with van der Waals surface area (Å²) in [5.74, 6) is -3.25. The van der Waals surface area contributed by atoms with Crippen LogP contribution >= 0.6 is 11.3 Å². The Balaban J connectivity index is 2.11. The number of carbonyl (C=O) groups excluding carboxylic acids is 1. The number of benzene rings is 1. The fraction of sp³-hybridized carbons (Fsp3) is 0.133. The number of carboxylic acid groups (broad SMARTS) is 1. The number of nitrogens with one attached hydrogen (secondary N) is 1. The summed E-state index contributed by atoms with van der Waals surface area (Å²) < 4.78 is 12.9. The van der Waals surface area contributed by atoms with E-state index in [9.17, 15) is 19.1 Å². The molecule has 0 aliphatic carbocycles. The number of carbonyl (C=O) groups is 2. The molecule has 5 nitrogen and oxygen atoms in total. The fourth-order valence-corrected chi connectivity index (χ4v) is 2.65. The second kappa shape index (κ2) is 6.83. The van der Waals surface area contributed by atoms with Gasteiger partial charge in [-0.25, -0.2) is 4.39 Å². The van der Waals surface area contributed by atoms with Crippen LogP contribution in [0.25, 0.3) is 0 Å². The lowest BCUT2D eigenvalue weighted by Crippen LogP contribution is -2.20. The summed E-state index contributed by atoms with van der Waals surface area (Å²) in [6.45, 7) is 0. The van der Waals surface area contributed by atoms with Gasteiger partial charge in [-0.15, -0.1) is 11.3 Å². The van der Waals surface area contributed by atoms with Crippen LogP contribution < -0.4 is 5.32 Å². The zero-order valence-corrected chi connectivity index (χ0v) is 12.1. The summed E-state index contributed by atoms with van der Waals surface area (Å²) >= 11 is 1.18. The van der Waals surface area contributed by atoms with Gasteiger partial charge in [0.2, 0.25) is 5.91 Å². The van der Waals surface area contributed by atoms with Gasteiger partial charge in [0.15, 0.2) is 0 Å². The van der Waals surface area contributed by atoms with Gasteiger partial charge in [0.1, 0.15) is 16.9 Å². The van der Waals surface area contributed by atoms with Crippen LogP contribution in [0.2, 0.25) is 0 Å². The summed E-state index contributed by atoms with van der Waals surface area (Å²) in [5, 5.41) is 22.7. The predicted molar refractivity (Wildman–Crippen MR) is 79.1 cm³/mol. The molecule has 0 radical (unpaired) electrons. The van der Waals surface area contributed by atoms with Crippen LogP contribution in [0.15, 0.2) is 35.7 Å². The lowest BCUT2D eigenvalue weighted by atomic mass is 9.95. The van der Waals surface area contributed by atoms with Crippen LogP contribution in [-0.2, 0) is 9.59 Å². The van der Waals surface area contributed by atoms with E-state index in [-0.39, 0.29) is 6.42 Å². The highest BCUT2D eigenvalue weighted by molar-refractivity contribution is 7.14. The van der Waals surface area contributed by atoms with Crippen molar-refractivity contribution in [1.29, 1.82) is 5.26 Å². The van der Waals surface area contributed by atoms with E-state index < -0.39 is 23.6 Å². The molecule has 0 aliphatic rings. The van der Waals surface area contributed by atoms with E-state index in [0.29, 0.717) is 16.1 Å². The van der Waals surface area contributed by atoms with Crippen LogP contribution in [0, 0.1) is 17.1 Å². The lowest BCUT2D eigenvalue weighted by molar-refractivity contribution is -0.140. The Hall–Kier alpha value is -2.72. The summed E-state index contributed by atoms with van der Waals surface area (Å²) in [4.78, 5) is 23.3. The number of aliphatic carboxylic acids is 1. The molecule has 0 saturated heterocycles. The second-order valence-electron chi connectivity index (χ2n) is 4.47. The van der Waals surface area contributed by atoms with Gasteiger partial charge in [0.05, 0.1) is 11.5 Å². The Bertz CT molecular complexity index is 734. The van der Waals surface area contributed by atoms with Gasteiger partial charge in [-0.1, -0.05) is 12.1 Å². The average Bonchev–Trinajstić information content (AvgIpc) is 2.92. The zero-order valence-electron chi connectivity index (χ0n) is 11.2. The van der Waals surface area contributed by atoms with E-state index >= 15 is 0 Å². The molecule has 0 saturated carbocycles. The molecule has 112 valence electrons. The molecule has 1 atom stereocenters. The quantitative estimate of drug-likeness (QED) is 0.887. The van der Waals surface area contributed by atoms with E-state index in [1.807, 2.05) is 6.07 Å². The maximum atomic E-state index is 12.9. The van der Waals surface area contributed by atoms with Gasteiger partial charge in [0.25, 0.3) is 0 Å². The van der Waals surface area contributed by atoms with E-state index in [1.54, 1.807) is 11.4 Å². The van der Waals surface area contributed by atoms with Crippen molar-refractivity contribution < 1.29 is 19.1 Å². The zero-order chi connectivity index (χ0) is 16.1. The minimum Gasteiger partial charge on any atom is -0.481 e. The Kier molecular flexibility index (Phi) is 4.86. The van der Waals surface area contributed by atoms with Crippen molar-refractivity contribution in [2.75, 3.05) is 5.32 Å². The number of hydrogen-bond donors (Lipinski definition) is 2. The number of hydrogen-bond acceptors (Lipinski definition) is 4. The second-order valence-corrected chi connectivity index (χ2v) is 5.39. The predicted octanol–water partition coefficient (Wildman–Crippen LogP) is 2.96. The number of anilines is 1. The number of nitrogens with zero attached hydrogens (tertiary/aromatic N) is 1. The molecule has 1 unspecified atom stereocenters. The third kappa shape index (κ3) is 3.68. The largest absolute Gasteiger partial charge is 0.481 e. The van der Waals surface area contributed by atoms with Crippen molar-refractivity contribution >= 4 is 28.2 Å². The molecule has 1 aromatic carbocycles. The van der Waals surface area contributed by atoms with Crippen molar-refractivity contribution in [2.45, 2.75) is 12.3 Å². The van der Waals surface area contributed by atoms with Crippen molar-refractivity contribution in [3.63, 3.8) is 0 Å². The number of amides is 1. The standard InChI is InChI=1S/C15H11FN2O3S/c16-11-3-1-9(2-4-11)12(15(20)21)7-13(19)18-14-10(8-17)5-6-22-14/h1-6,12H,7H2,(H,18,19)(H,20,21). The highest BCUT2D eigenvalue weighted by Crippen LogP contribution is 2.25. The average molecular weight is 318 g/mol. The van der Waals surface area contributed by atoms with Gasteiger partial charge in [-0.2, -0.15) is 5.26 Å². The number of thiophene rings is 1. The number of halogens is 1. The Morgan fingerprint density at radius 3 is 2.59 bits per heavy atom. The Morgan fingerprint density at radius 1 is 1.32 bits per heavy atom. The van der Waals surface area contributed by atoms with Gasteiger partial charge in [0, 0.05) is 6.42 Å². The van der Waals surface area contributed by atoms with Crippen LogP contribution in [0.5, 0.6) is 0 Å². The van der Waals surface area contributed by atoms with E-state index in [1.165, 1.54) is 23.5 Å². The van der Waals surface area contributed by atoms with Crippen LogP contribution in [-0.4, -0.2) is 17.0 Å². The molecule has 7 heteroatoms. The monoisotopic (exact) mass is 318 g/mol. The normalized spacial score (nSPS) is 11.5. The van der Waals surface area contributed by atoms with Gasteiger partial charge in [-0.3, -0.25) is 9.59 Å². The van der Waals surface area contributed by atoms with Gasteiger partial charge in [-0.05, 0) is 29.1 Å². The Morgan fingerprint density at radius 2 is 2.00 bits per heavy atom. The van der Waals surface area contributed by atoms with Crippen LogP contribution in [0.1, 0.15) is 23.5 Å². The maximum Gasteiger partial charge on any atom is 0.311 e. The minimum atomic E-state index is -1.17. The van der Waals surface area contributed by atoms with Crippen molar-refractivity contribution in [2.24, 2.45) is 0 Å². The third-order valence-corrected chi connectivity index (χ3v) is 3.83. The summed E-state index contributed by atoms with van der Waals surface area (Å²) in [5.41, 5.74) is 0.669. The molecule has 0 aliphatic heterocycles. The van der Waals surface area contributed by atoms with E-state index in [2.05, 4.69) is 5.32 Å². The fourth-order valence-electron chi connectivity index (χ4n) is 1.90. The number of nitriles is 1.